The summed E-state index contributed by atoms with van der Waals surface area (Å²) in [6.45, 7) is 7.94. The molecule has 0 bridgehead atoms. The Balaban J connectivity index is 1.73. The highest BCUT2D eigenvalue weighted by atomic mass is 19.4. The normalized spacial score (nSPS) is 11.9. The third kappa shape index (κ3) is 4.74. The Morgan fingerprint density at radius 3 is 2.61 bits per heavy atom. The van der Waals surface area contributed by atoms with E-state index >= 15 is 0 Å². The average molecular weight is 524 g/mol. The van der Waals surface area contributed by atoms with Crippen LogP contribution >= 0.6 is 0 Å². The van der Waals surface area contributed by atoms with Gasteiger partial charge < -0.3 is 18.7 Å². The monoisotopic (exact) mass is 524 g/mol. The number of halogens is 3. The number of aromatic nitrogens is 5. The zero-order chi connectivity index (χ0) is 26.9. The van der Waals surface area contributed by atoms with Crippen molar-refractivity contribution in [3.63, 3.8) is 0 Å². The van der Waals surface area contributed by atoms with Crippen molar-refractivity contribution in [1.29, 1.82) is 0 Å². The van der Waals surface area contributed by atoms with Gasteiger partial charge in [0.1, 0.15) is 11.1 Å². The molecule has 0 amide bonds. The maximum absolute atomic E-state index is 13.8. The lowest BCUT2D eigenvalue weighted by molar-refractivity contribution is -0.127. The molecule has 0 aliphatic heterocycles. The summed E-state index contributed by atoms with van der Waals surface area (Å²) in [6, 6.07) is 10.3. The highest BCUT2D eigenvalue weighted by molar-refractivity contribution is 5.88. The lowest BCUT2D eigenvalue weighted by Crippen LogP contribution is -2.21. The number of pyridine rings is 1. The molecule has 10 nitrogen and oxygen atoms in total. The highest BCUT2D eigenvalue weighted by Crippen LogP contribution is 2.34. The van der Waals surface area contributed by atoms with E-state index in [0.717, 1.165) is 4.52 Å². The minimum Gasteiger partial charge on any atom is -0.436 e. The fourth-order valence-corrected chi connectivity index (χ4v) is 4.02. The molecule has 0 saturated carbocycles. The number of benzene rings is 1. The predicted octanol–water partition coefficient (Wildman–Crippen LogP) is 4.71. The molecule has 1 aromatic carbocycles. The molecule has 0 spiro atoms. The Labute approximate surface area is 212 Å². The molecule has 0 aliphatic rings. The van der Waals surface area contributed by atoms with Crippen LogP contribution in [0, 0.1) is 6.57 Å². The van der Waals surface area contributed by atoms with Crippen LogP contribution in [0.1, 0.15) is 11.4 Å². The molecule has 5 rings (SSSR count). The van der Waals surface area contributed by atoms with Crippen molar-refractivity contribution in [2.75, 3.05) is 20.3 Å². The molecular formula is C25H19F3N6O4. The van der Waals surface area contributed by atoms with E-state index in [1.54, 1.807) is 24.3 Å². The first kappa shape index (κ1) is 25.1. The summed E-state index contributed by atoms with van der Waals surface area (Å²) in [7, 11) is 1.51. The fourth-order valence-electron chi connectivity index (χ4n) is 4.02. The quantitative estimate of drug-likeness (QED) is 0.231. The van der Waals surface area contributed by atoms with Crippen LogP contribution in [0.4, 0.5) is 19.0 Å². The molecule has 4 heterocycles. The van der Waals surface area contributed by atoms with E-state index in [0.29, 0.717) is 11.1 Å². The topological polar surface area (TPSA) is 112 Å². The Bertz CT molecular complexity index is 1720. The van der Waals surface area contributed by atoms with E-state index < -0.39 is 18.2 Å². The van der Waals surface area contributed by atoms with Crippen LogP contribution < -0.4 is 5.56 Å². The molecule has 4 aromatic heterocycles. The number of nitrogens with one attached hydrogen (secondary N) is 1. The van der Waals surface area contributed by atoms with Gasteiger partial charge in [0.05, 0.1) is 43.2 Å². The molecule has 0 radical (unpaired) electrons. The van der Waals surface area contributed by atoms with Crippen LogP contribution in [0.15, 0.2) is 51.8 Å². The molecular weight excluding hydrogens is 505 g/mol. The van der Waals surface area contributed by atoms with Crippen LogP contribution in [0.25, 0.3) is 44.2 Å². The number of alkyl halides is 3. The van der Waals surface area contributed by atoms with Gasteiger partial charge in [-0.15, -0.1) is 4.52 Å². The van der Waals surface area contributed by atoms with Crippen LogP contribution in [0.3, 0.4) is 0 Å². The molecule has 0 saturated heterocycles. The van der Waals surface area contributed by atoms with Gasteiger partial charge in [-0.2, -0.15) is 13.2 Å². The van der Waals surface area contributed by atoms with E-state index in [-0.39, 0.29) is 65.2 Å². The van der Waals surface area contributed by atoms with Crippen molar-refractivity contribution >= 4 is 22.6 Å². The minimum atomic E-state index is -4.52. The lowest BCUT2D eigenvalue weighted by atomic mass is 10.1. The van der Waals surface area contributed by atoms with Crippen molar-refractivity contribution in [1.82, 2.24) is 24.6 Å². The van der Waals surface area contributed by atoms with Crippen molar-refractivity contribution < 1.29 is 27.1 Å². The number of nitrogens with zero attached hydrogens (tertiary/aromatic N) is 5. The maximum atomic E-state index is 13.8. The highest BCUT2D eigenvalue weighted by Gasteiger charge is 2.31. The number of hydrogen-bond acceptors (Lipinski definition) is 7. The molecule has 0 atom stereocenters. The van der Waals surface area contributed by atoms with E-state index in [4.69, 9.17) is 20.5 Å². The summed E-state index contributed by atoms with van der Waals surface area (Å²) in [5.74, 6) is -0.160. The summed E-state index contributed by atoms with van der Waals surface area (Å²) >= 11 is 0. The van der Waals surface area contributed by atoms with Gasteiger partial charge in [-0.05, 0) is 5.56 Å². The number of hydrogen-bond donors (Lipinski definition) is 1. The van der Waals surface area contributed by atoms with Gasteiger partial charge in [0.2, 0.25) is 5.89 Å². The predicted molar refractivity (Wildman–Crippen MR) is 130 cm³/mol. The van der Waals surface area contributed by atoms with Crippen molar-refractivity contribution in [2.45, 2.75) is 19.2 Å². The molecule has 0 aliphatic carbocycles. The second-order valence-corrected chi connectivity index (χ2v) is 8.17. The number of ether oxygens (including phenoxy) is 2. The summed E-state index contributed by atoms with van der Waals surface area (Å²) in [5.41, 5.74) is 0.184. The molecule has 194 valence electrons. The average Bonchev–Trinajstić information content (AvgIpc) is 3.48. The SMILES string of the molecule is [C-]#[N+]c1[nH]n2c(=O)c(-c3nc4c(CC(F)(F)F)nccc4o3)c(COCCOC)nc2c1-c1ccccc1. The summed E-state index contributed by atoms with van der Waals surface area (Å²) in [4.78, 5) is 29.9. The van der Waals surface area contributed by atoms with Gasteiger partial charge in [-0.1, -0.05) is 36.9 Å². The third-order valence-corrected chi connectivity index (χ3v) is 5.65. The number of fused-ring (bicyclic) bond motifs is 2. The van der Waals surface area contributed by atoms with E-state index in [1.165, 1.54) is 19.4 Å². The van der Waals surface area contributed by atoms with Gasteiger partial charge in [0.15, 0.2) is 11.2 Å². The molecule has 0 fully saturated rings. The summed E-state index contributed by atoms with van der Waals surface area (Å²) < 4.78 is 56.8. The van der Waals surface area contributed by atoms with Crippen molar-refractivity contribution in [2.24, 2.45) is 0 Å². The van der Waals surface area contributed by atoms with Gasteiger partial charge in [-0.25, -0.2) is 15.1 Å². The minimum absolute atomic E-state index is 0.0308. The van der Waals surface area contributed by atoms with Crippen LogP contribution in [0.2, 0.25) is 0 Å². The molecule has 1 N–H and O–H groups in total. The number of oxazole rings is 1. The van der Waals surface area contributed by atoms with Gasteiger partial charge in [0.25, 0.3) is 5.82 Å². The van der Waals surface area contributed by atoms with Crippen LogP contribution in [-0.4, -0.2) is 51.1 Å². The first-order chi connectivity index (χ1) is 18.3. The lowest BCUT2D eigenvalue weighted by Gasteiger charge is -2.08. The Kier molecular flexibility index (Phi) is 6.66. The van der Waals surface area contributed by atoms with E-state index in [1.807, 2.05) is 6.07 Å². The largest absolute Gasteiger partial charge is 0.436 e. The smallest absolute Gasteiger partial charge is 0.394 e. The zero-order valence-electron chi connectivity index (χ0n) is 19.9. The molecule has 38 heavy (non-hydrogen) atoms. The third-order valence-electron chi connectivity index (χ3n) is 5.65. The van der Waals surface area contributed by atoms with Crippen molar-refractivity contribution in [3.8, 4) is 22.6 Å². The first-order valence-electron chi connectivity index (χ1n) is 11.3. The Morgan fingerprint density at radius 2 is 1.89 bits per heavy atom. The number of aromatic amines is 1. The second-order valence-electron chi connectivity index (χ2n) is 8.17. The fraction of sp³-hybridized carbons (Fsp3) is 0.240. The van der Waals surface area contributed by atoms with Crippen LogP contribution in [0.5, 0.6) is 0 Å². The number of methoxy groups -OCH3 is 1. The summed E-state index contributed by atoms with van der Waals surface area (Å²) in [6.07, 6.45) is -4.65. The first-order valence-corrected chi connectivity index (χ1v) is 11.3. The van der Waals surface area contributed by atoms with Crippen LogP contribution in [-0.2, 0) is 22.5 Å². The standard InChI is InChI=1S/C25H19F3N6O4/c1-29-21-18(14-6-4-3-5-7-14)22-31-16(13-37-11-10-36-2)19(24(35)34(22)33-21)23-32-20-15(12-25(26,27)28)30-9-8-17(20)38-23/h3-9,33H,10-13H2,2H3. The van der Waals surface area contributed by atoms with E-state index in [2.05, 4.69) is 24.9 Å². The zero-order valence-corrected chi connectivity index (χ0v) is 19.9. The van der Waals surface area contributed by atoms with Crippen molar-refractivity contribution in [3.05, 3.63) is 75.8 Å². The van der Waals surface area contributed by atoms with Gasteiger partial charge >= 0.3 is 11.7 Å². The summed E-state index contributed by atoms with van der Waals surface area (Å²) in [5, 5.41) is 2.77. The Morgan fingerprint density at radius 1 is 1.11 bits per heavy atom. The van der Waals surface area contributed by atoms with Gasteiger partial charge in [-0.3, -0.25) is 9.78 Å². The number of H-pyrrole nitrogens is 1. The number of rotatable bonds is 8. The molecule has 0 unspecified atom stereocenters. The van der Waals surface area contributed by atoms with Gasteiger partial charge in [0, 0.05) is 19.4 Å². The second kappa shape index (κ2) is 10.1. The molecule has 13 heteroatoms. The van der Waals surface area contributed by atoms with E-state index in [9.17, 15) is 18.0 Å². The Hall–Kier alpha value is -4.54. The molecule has 5 aromatic rings. The maximum Gasteiger partial charge on any atom is 0.394 e.